The Morgan fingerprint density at radius 3 is 2.08 bits per heavy atom. The number of aldehydes is 1. The van der Waals surface area contributed by atoms with Crippen molar-refractivity contribution >= 4 is 12.3 Å². The summed E-state index contributed by atoms with van der Waals surface area (Å²) in [5.41, 5.74) is 0. The van der Waals surface area contributed by atoms with E-state index >= 15 is 0 Å². The highest BCUT2D eigenvalue weighted by atomic mass is 16.5. The number of unbranched alkanes of at least 4 members (excludes halogenated alkanes) is 8. The second-order valence-corrected chi connectivity index (χ2v) is 6.29. The van der Waals surface area contributed by atoms with Crippen molar-refractivity contribution in [3.8, 4) is 0 Å². The van der Waals surface area contributed by atoms with Crippen molar-refractivity contribution in [1.82, 2.24) is 0 Å². The quantitative estimate of drug-likeness (QED) is 0.184. The molecule has 0 fully saturated rings. The van der Waals surface area contributed by atoms with Crippen LogP contribution in [0, 0.1) is 0 Å². The molecule has 4 N–H and O–H groups in total. The summed E-state index contributed by atoms with van der Waals surface area (Å²) in [6, 6.07) is 0. The van der Waals surface area contributed by atoms with Gasteiger partial charge in [-0.25, -0.2) is 0 Å². The number of ether oxygens (including phenoxy) is 1. The van der Waals surface area contributed by atoms with Gasteiger partial charge in [-0.15, -0.1) is 0 Å². The Hall–Kier alpha value is -1.02. The van der Waals surface area contributed by atoms with Gasteiger partial charge in [0.25, 0.3) is 0 Å². The van der Waals surface area contributed by atoms with Gasteiger partial charge in [0.15, 0.2) is 6.29 Å². The maximum absolute atomic E-state index is 11.6. The van der Waals surface area contributed by atoms with Crippen LogP contribution in [0.2, 0.25) is 0 Å². The molecule has 0 aliphatic heterocycles. The second-order valence-electron chi connectivity index (χ2n) is 6.29. The van der Waals surface area contributed by atoms with Crippen LogP contribution in [0.15, 0.2) is 0 Å². The summed E-state index contributed by atoms with van der Waals surface area (Å²) >= 11 is 0. The SMILES string of the molecule is [2H]CCCCCCCCCCCC(=O)OC[C@@H](O)[C@@H](O)[C@H](O)[C@@H](O)C=O. The minimum Gasteiger partial charge on any atom is -0.463 e. The Morgan fingerprint density at radius 2 is 1.52 bits per heavy atom. The third-order valence-corrected chi connectivity index (χ3v) is 4.03. The highest BCUT2D eigenvalue weighted by Crippen LogP contribution is 2.11. The van der Waals surface area contributed by atoms with Crippen LogP contribution in [-0.2, 0) is 14.3 Å². The van der Waals surface area contributed by atoms with Gasteiger partial charge < -0.3 is 30.0 Å². The number of aliphatic hydroxyl groups excluding tert-OH is 4. The highest BCUT2D eigenvalue weighted by molar-refractivity contribution is 5.69. The molecule has 0 bridgehead atoms. The first kappa shape index (κ1) is 22.0. The zero-order valence-corrected chi connectivity index (χ0v) is 14.9. The lowest BCUT2D eigenvalue weighted by Crippen LogP contribution is -2.46. The highest BCUT2D eigenvalue weighted by Gasteiger charge is 2.30. The minimum absolute atomic E-state index is 0.0459. The Labute approximate surface area is 151 Å². The Balaban J connectivity index is 3.63. The largest absolute Gasteiger partial charge is 0.463 e. The van der Waals surface area contributed by atoms with Crippen LogP contribution in [0.1, 0.15) is 72.5 Å². The molecule has 148 valence electrons. The molecule has 0 saturated carbocycles. The molecule has 25 heavy (non-hydrogen) atoms. The van der Waals surface area contributed by atoms with E-state index in [0.29, 0.717) is 13.3 Å². The third-order valence-electron chi connectivity index (χ3n) is 4.03. The summed E-state index contributed by atoms with van der Waals surface area (Å²) in [4.78, 5) is 21.9. The molecule has 0 aliphatic carbocycles. The van der Waals surface area contributed by atoms with Gasteiger partial charge in [-0.05, 0) is 6.42 Å². The number of carbonyl (C=O) groups is 2. The van der Waals surface area contributed by atoms with E-state index in [0.717, 1.165) is 32.1 Å². The standard InChI is InChI=1S/C18H34O7/c1-2-3-4-5-6-7-8-9-10-11-16(22)25-13-15(21)18(24)17(23)14(20)12-19/h12,14-15,17-18,20-21,23-24H,2-11,13H2,1H3/t14-,15+,17+,18+/m0/s1/i1D. The normalized spacial score (nSPS) is 16.6. The van der Waals surface area contributed by atoms with Crippen molar-refractivity contribution in [2.45, 2.75) is 95.5 Å². The third kappa shape index (κ3) is 12.0. The molecule has 7 nitrogen and oxygen atoms in total. The van der Waals surface area contributed by atoms with Crippen molar-refractivity contribution in [2.24, 2.45) is 0 Å². The lowest BCUT2D eigenvalue weighted by molar-refractivity contribution is -0.156. The van der Waals surface area contributed by atoms with Crippen LogP contribution in [0.25, 0.3) is 0 Å². The molecule has 0 rings (SSSR count). The van der Waals surface area contributed by atoms with Gasteiger partial charge in [0, 0.05) is 7.79 Å². The predicted octanol–water partition coefficient (Wildman–Crippen LogP) is 1.09. The minimum atomic E-state index is -1.84. The number of carbonyl (C=O) groups excluding carboxylic acids is 2. The van der Waals surface area contributed by atoms with Gasteiger partial charge in [-0.3, -0.25) is 4.79 Å². The number of esters is 1. The van der Waals surface area contributed by atoms with E-state index in [1.54, 1.807) is 0 Å². The Bertz CT molecular complexity index is 367. The number of rotatable bonds is 16. The van der Waals surface area contributed by atoms with E-state index in [1.807, 2.05) is 0 Å². The zero-order valence-electron chi connectivity index (χ0n) is 15.9. The summed E-state index contributed by atoms with van der Waals surface area (Å²) in [5, 5.41) is 37.6. The molecular weight excluding hydrogens is 328 g/mol. The molecule has 0 aliphatic rings. The second kappa shape index (κ2) is 15.3. The molecule has 4 atom stereocenters. The summed E-state index contributed by atoms with van der Waals surface area (Å²) in [5.74, 6) is -0.503. The van der Waals surface area contributed by atoms with E-state index < -0.39 is 37.0 Å². The van der Waals surface area contributed by atoms with Gasteiger partial charge in [-0.1, -0.05) is 58.3 Å². The number of hydrogen-bond acceptors (Lipinski definition) is 7. The average Bonchev–Trinajstić information content (AvgIpc) is 2.65. The summed E-state index contributed by atoms with van der Waals surface area (Å²) < 4.78 is 11.9. The Kier molecular flexibility index (Phi) is 13.4. The topological polar surface area (TPSA) is 124 Å². The van der Waals surface area contributed by atoms with Crippen LogP contribution < -0.4 is 0 Å². The van der Waals surface area contributed by atoms with Gasteiger partial charge >= 0.3 is 5.97 Å². The van der Waals surface area contributed by atoms with E-state index in [1.165, 1.54) is 19.3 Å². The van der Waals surface area contributed by atoms with Crippen molar-refractivity contribution in [3.63, 3.8) is 0 Å². The Morgan fingerprint density at radius 1 is 0.960 bits per heavy atom. The molecule has 0 radical (unpaired) electrons. The fraction of sp³-hybridized carbons (Fsp3) is 0.889. The molecular formula is C18H34O7. The molecule has 0 aromatic heterocycles. The maximum atomic E-state index is 11.6. The first-order valence-corrected chi connectivity index (χ1v) is 9.06. The van der Waals surface area contributed by atoms with Crippen LogP contribution in [-0.4, -0.2) is 63.7 Å². The van der Waals surface area contributed by atoms with Crippen LogP contribution in [0.5, 0.6) is 0 Å². The van der Waals surface area contributed by atoms with Crippen molar-refractivity contribution in [1.29, 1.82) is 0 Å². The lowest BCUT2D eigenvalue weighted by Gasteiger charge is -2.23. The van der Waals surface area contributed by atoms with E-state index in [2.05, 4.69) is 0 Å². The lowest BCUT2D eigenvalue weighted by atomic mass is 10.0. The summed E-state index contributed by atoms with van der Waals surface area (Å²) in [6.45, 7) is -0.00563. The molecule has 0 aromatic rings. The number of aliphatic hydroxyl groups is 4. The molecule has 0 aromatic carbocycles. The molecule has 0 amide bonds. The van der Waals surface area contributed by atoms with Gasteiger partial charge in [0.1, 0.15) is 31.0 Å². The first-order chi connectivity index (χ1) is 12.4. The van der Waals surface area contributed by atoms with E-state index in [4.69, 9.17) is 11.2 Å². The number of hydrogen-bond donors (Lipinski definition) is 4. The van der Waals surface area contributed by atoms with Crippen LogP contribution in [0.3, 0.4) is 0 Å². The molecule has 0 spiro atoms. The van der Waals surface area contributed by atoms with Crippen molar-refractivity contribution < 1.29 is 36.1 Å². The first-order valence-electron chi connectivity index (χ1n) is 9.77. The van der Waals surface area contributed by atoms with Crippen LogP contribution >= 0.6 is 0 Å². The maximum Gasteiger partial charge on any atom is 0.305 e. The van der Waals surface area contributed by atoms with Gasteiger partial charge in [-0.2, -0.15) is 0 Å². The predicted molar refractivity (Wildman–Crippen MR) is 92.9 cm³/mol. The zero-order chi connectivity index (χ0) is 19.8. The molecule has 7 heteroatoms. The van der Waals surface area contributed by atoms with E-state index in [9.17, 15) is 24.9 Å². The molecule has 0 unspecified atom stereocenters. The monoisotopic (exact) mass is 363 g/mol. The fourth-order valence-electron chi connectivity index (χ4n) is 2.37. The fourth-order valence-corrected chi connectivity index (χ4v) is 2.37. The van der Waals surface area contributed by atoms with E-state index in [-0.39, 0.29) is 12.7 Å². The van der Waals surface area contributed by atoms with Gasteiger partial charge in [0.05, 0.1) is 0 Å². The molecule has 0 saturated heterocycles. The van der Waals surface area contributed by atoms with Crippen molar-refractivity contribution in [2.75, 3.05) is 6.61 Å². The summed E-state index contributed by atoms with van der Waals surface area (Å²) in [6.07, 6.45) is 2.64. The molecule has 0 heterocycles. The van der Waals surface area contributed by atoms with Crippen molar-refractivity contribution in [3.05, 3.63) is 0 Å². The average molecular weight is 363 g/mol. The smallest absolute Gasteiger partial charge is 0.305 e. The van der Waals surface area contributed by atoms with Crippen LogP contribution in [0.4, 0.5) is 0 Å². The summed E-state index contributed by atoms with van der Waals surface area (Å²) in [7, 11) is 0. The van der Waals surface area contributed by atoms with Gasteiger partial charge in [0.2, 0.25) is 0 Å².